The summed E-state index contributed by atoms with van der Waals surface area (Å²) in [4.78, 5) is 14.4. The lowest BCUT2D eigenvalue weighted by atomic mass is 10.1. The Balaban J connectivity index is 2.12. The van der Waals surface area contributed by atoms with Crippen LogP contribution >= 0.6 is 11.3 Å². The molecule has 0 amide bonds. The molecule has 1 unspecified atom stereocenters. The minimum absolute atomic E-state index is 0.130. The van der Waals surface area contributed by atoms with Crippen molar-refractivity contribution in [1.29, 1.82) is 0 Å². The molecular weight excluding hydrogens is 379 g/mol. The number of aliphatic hydroxyl groups is 1. The van der Waals surface area contributed by atoms with Crippen LogP contribution in [0.25, 0.3) is 6.08 Å². The third kappa shape index (κ3) is 3.63. The van der Waals surface area contributed by atoms with Gasteiger partial charge in [-0.2, -0.15) is 13.2 Å². The van der Waals surface area contributed by atoms with Gasteiger partial charge in [-0.25, -0.2) is 4.79 Å². The molecule has 3 rings (SSSR count). The average molecular weight is 395 g/mol. The Morgan fingerprint density at radius 2 is 2.04 bits per heavy atom. The number of carbonyl (C=O) groups excluding carboxylic acids is 1. The first-order chi connectivity index (χ1) is 12.7. The second-order valence-corrected chi connectivity index (χ2v) is 6.84. The van der Waals surface area contributed by atoms with E-state index in [1.165, 1.54) is 35.5 Å². The average Bonchev–Trinajstić information content (AvgIpc) is 3.21. The molecular formula is C19H16F3NO3S. The van der Waals surface area contributed by atoms with Gasteiger partial charge in [0, 0.05) is 21.8 Å². The summed E-state index contributed by atoms with van der Waals surface area (Å²) in [6.45, 7) is 1.56. The predicted molar refractivity (Wildman–Crippen MR) is 96.9 cm³/mol. The smallest absolute Gasteiger partial charge is 0.416 e. The molecule has 2 aromatic rings. The second-order valence-electron chi connectivity index (χ2n) is 5.86. The first-order valence-corrected chi connectivity index (χ1v) is 8.81. The standard InChI is InChI=1S/C19H16F3NO3S/c1-11-16(18(25)26-2)15(10-14-7-4-8-27-14)17(24)23(11)13-6-3-5-12(9-13)19(20,21)22/h3-10,17,24H,1-2H3/b15-10-. The quantitative estimate of drug-likeness (QED) is 0.781. The zero-order valence-corrected chi connectivity index (χ0v) is 15.3. The number of aliphatic hydroxyl groups excluding tert-OH is 1. The Hall–Kier alpha value is -2.58. The van der Waals surface area contributed by atoms with Crippen LogP contribution in [0.5, 0.6) is 0 Å². The van der Waals surface area contributed by atoms with Crippen molar-refractivity contribution in [1.82, 2.24) is 0 Å². The van der Waals surface area contributed by atoms with E-state index in [4.69, 9.17) is 4.74 Å². The highest BCUT2D eigenvalue weighted by Gasteiger charge is 2.39. The first-order valence-electron chi connectivity index (χ1n) is 7.93. The highest BCUT2D eigenvalue weighted by atomic mass is 32.1. The van der Waals surface area contributed by atoms with Gasteiger partial charge in [-0.15, -0.1) is 11.3 Å². The minimum atomic E-state index is -4.51. The Labute approximate surface area is 157 Å². The summed E-state index contributed by atoms with van der Waals surface area (Å²) in [7, 11) is 1.21. The molecule has 1 atom stereocenters. The lowest BCUT2D eigenvalue weighted by Crippen LogP contribution is -2.30. The monoisotopic (exact) mass is 395 g/mol. The summed E-state index contributed by atoms with van der Waals surface area (Å²) in [5.41, 5.74) is 0.0209. The number of carbonyl (C=O) groups is 1. The highest BCUT2D eigenvalue weighted by molar-refractivity contribution is 7.10. The van der Waals surface area contributed by atoms with E-state index in [1.54, 1.807) is 13.0 Å². The minimum Gasteiger partial charge on any atom is -0.465 e. The van der Waals surface area contributed by atoms with Crippen LogP contribution in [0.4, 0.5) is 18.9 Å². The molecule has 0 bridgehead atoms. The molecule has 0 saturated carbocycles. The number of nitrogens with zero attached hydrogens (tertiary/aromatic N) is 1. The van der Waals surface area contributed by atoms with Gasteiger partial charge in [0.25, 0.3) is 0 Å². The van der Waals surface area contributed by atoms with Gasteiger partial charge in [-0.05, 0) is 42.6 Å². The molecule has 142 valence electrons. The fourth-order valence-electron chi connectivity index (χ4n) is 2.99. The predicted octanol–water partition coefficient (Wildman–Crippen LogP) is 4.44. The number of rotatable bonds is 3. The number of alkyl halides is 3. The van der Waals surface area contributed by atoms with Crippen LogP contribution in [-0.2, 0) is 15.7 Å². The van der Waals surface area contributed by atoms with Crippen LogP contribution in [0, 0.1) is 0 Å². The molecule has 8 heteroatoms. The number of methoxy groups -OCH3 is 1. The van der Waals surface area contributed by atoms with Gasteiger partial charge >= 0.3 is 12.1 Å². The van der Waals surface area contributed by atoms with Crippen LogP contribution in [-0.4, -0.2) is 24.4 Å². The number of ether oxygens (including phenoxy) is 1. The van der Waals surface area contributed by atoms with Gasteiger partial charge < -0.3 is 14.7 Å². The van der Waals surface area contributed by atoms with Crippen molar-refractivity contribution in [2.24, 2.45) is 0 Å². The van der Waals surface area contributed by atoms with Gasteiger partial charge in [-0.1, -0.05) is 12.1 Å². The maximum Gasteiger partial charge on any atom is 0.416 e. The Morgan fingerprint density at radius 3 is 2.63 bits per heavy atom. The topological polar surface area (TPSA) is 49.8 Å². The van der Waals surface area contributed by atoms with Gasteiger partial charge in [-0.3, -0.25) is 0 Å². The number of hydrogen-bond acceptors (Lipinski definition) is 5. The molecule has 1 aromatic carbocycles. The maximum absolute atomic E-state index is 13.1. The molecule has 27 heavy (non-hydrogen) atoms. The normalized spacial score (nSPS) is 19.1. The zero-order valence-electron chi connectivity index (χ0n) is 14.4. The van der Waals surface area contributed by atoms with E-state index in [1.807, 2.05) is 17.5 Å². The van der Waals surface area contributed by atoms with Gasteiger partial charge in [0.05, 0.1) is 18.2 Å². The Bertz CT molecular complexity index is 917. The van der Waals surface area contributed by atoms with Crippen molar-refractivity contribution < 1.29 is 27.8 Å². The number of halogens is 3. The molecule has 1 N–H and O–H groups in total. The van der Waals surface area contributed by atoms with Crippen molar-refractivity contribution >= 4 is 29.1 Å². The largest absolute Gasteiger partial charge is 0.465 e. The molecule has 0 spiro atoms. The third-order valence-electron chi connectivity index (χ3n) is 4.22. The van der Waals surface area contributed by atoms with Crippen molar-refractivity contribution in [2.45, 2.75) is 19.3 Å². The van der Waals surface area contributed by atoms with Gasteiger partial charge in [0.2, 0.25) is 0 Å². The van der Waals surface area contributed by atoms with E-state index in [9.17, 15) is 23.1 Å². The molecule has 0 saturated heterocycles. The number of hydrogen-bond donors (Lipinski definition) is 1. The van der Waals surface area contributed by atoms with E-state index in [0.29, 0.717) is 5.70 Å². The summed E-state index contributed by atoms with van der Waals surface area (Å²) in [6.07, 6.45) is -4.19. The van der Waals surface area contributed by atoms with Gasteiger partial charge in [0.1, 0.15) is 0 Å². The van der Waals surface area contributed by atoms with Crippen LogP contribution in [0.3, 0.4) is 0 Å². The van der Waals surface area contributed by atoms with E-state index < -0.39 is 23.9 Å². The summed E-state index contributed by atoms with van der Waals surface area (Å²) in [5, 5.41) is 12.7. The second kappa shape index (κ2) is 7.21. The molecule has 0 aliphatic carbocycles. The molecule has 1 aliphatic rings. The Kier molecular flexibility index (Phi) is 5.12. The van der Waals surface area contributed by atoms with Crippen molar-refractivity contribution in [3.8, 4) is 0 Å². The van der Waals surface area contributed by atoms with Crippen LogP contribution in [0.2, 0.25) is 0 Å². The lowest BCUT2D eigenvalue weighted by Gasteiger charge is -2.25. The van der Waals surface area contributed by atoms with Crippen LogP contribution in [0.15, 0.2) is 58.6 Å². The number of thiophene rings is 1. The zero-order chi connectivity index (χ0) is 19.8. The van der Waals surface area contributed by atoms with E-state index in [0.717, 1.165) is 17.0 Å². The molecule has 1 aliphatic heterocycles. The van der Waals surface area contributed by atoms with Crippen molar-refractivity contribution in [2.75, 3.05) is 12.0 Å². The van der Waals surface area contributed by atoms with E-state index >= 15 is 0 Å². The summed E-state index contributed by atoms with van der Waals surface area (Å²) < 4.78 is 44.0. The molecule has 0 fully saturated rings. The van der Waals surface area contributed by atoms with E-state index in [-0.39, 0.29) is 16.8 Å². The fraction of sp³-hybridized carbons (Fsp3) is 0.211. The molecule has 4 nitrogen and oxygen atoms in total. The molecule has 2 heterocycles. The summed E-state index contributed by atoms with van der Waals surface area (Å²) in [5.74, 6) is -0.663. The third-order valence-corrected chi connectivity index (χ3v) is 5.04. The van der Waals surface area contributed by atoms with E-state index in [2.05, 4.69) is 0 Å². The SMILES string of the molecule is COC(=O)C1=C(C)N(c2cccc(C(F)(F)F)c2)C(O)/C1=C\c1cccs1. The molecule has 1 aromatic heterocycles. The highest BCUT2D eigenvalue weighted by Crippen LogP contribution is 2.40. The number of esters is 1. The van der Waals surface area contributed by atoms with Gasteiger partial charge in [0.15, 0.2) is 6.23 Å². The number of allylic oxidation sites excluding steroid dienone is 1. The fourth-order valence-corrected chi connectivity index (χ4v) is 3.66. The molecule has 0 radical (unpaired) electrons. The lowest BCUT2D eigenvalue weighted by molar-refractivity contribution is -0.137. The summed E-state index contributed by atoms with van der Waals surface area (Å²) >= 11 is 1.41. The van der Waals surface area contributed by atoms with Crippen LogP contribution < -0.4 is 4.90 Å². The number of anilines is 1. The maximum atomic E-state index is 13.1. The first kappa shape index (κ1) is 19.2. The summed E-state index contributed by atoms with van der Waals surface area (Å²) in [6, 6.07) is 8.23. The van der Waals surface area contributed by atoms with Crippen molar-refractivity contribution in [3.05, 3.63) is 69.1 Å². The van der Waals surface area contributed by atoms with Crippen LogP contribution in [0.1, 0.15) is 17.4 Å². The Morgan fingerprint density at radius 1 is 1.30 bits per heavy atom. The van der Waals surface area contributed by atoms with Crippen molar-refractivity contribution in [3.63, 3.8) is 0 Å². The number of benzene rings is 1.